The van der Waals surface area contributed by atoms with Crippen LogP contribution in [0.4, 0.5) is 0 Å². The van der Waals surface area contributed by atoms with Crippen molar-refractivity contribution in [2.75, 3.05) is 5.75 Å². The molecular weight excluding hydrogens is 244 g/mol. The summed E-state index contributed by atoms with van der Waals surface area (Å²) in [6.45, 7) is 3.87. The van der Waals surface area contributed by atoms with Gasteiger partial charge >= 0.3 is 5.97 Å². The van der Waals surface area contributed by atoms with Crippen molar-refractivity contribution in [1.29, 1.82) is 0 Å². The summed E-state index contributed by atoms with van der Waals surface area (Å²) in [4.78, 5) is 10.8. The number of furan rings is 1. The molecule has 1 aromatic rings. The fourth-order valence-corrected chi connectivity index (χ4v) is 2.93. The van der Waals surface area contributed by atoms with Crippen LogP contribution in [0.25, 0.3) is 0 Å². The molecule has 1 N–H and O–H groups in total. The van der Waals surface area contributed by atoms with Crippen molar-refractivity contribution in [1.82, 2.24) is 0 Å². The zero-order chi connectivity index (χ0) is 13.1. The first-order valence-electron chi connectivity index (χ1n) is 5.32. The van der Waals surface area contributed by atoms with E-state index in [1.54, 1.807) is 0 Å². The minimum atomic E-state index is -3.31. The summed E-state index contributed by atoms with van der Waals surface area (Å²) in [6.07, 6.45) is 1.75. The second kappa shape index (κ2) is 5.35. The summed E-state index contributed by atoms with van der Waals surface area (Å²) >= 11 is 0. The minimum Gasteiger partial charge on any atom is -0.478 e. The molecule has 0 aliphatic carbocycles. The number of hydrogen-bond donors (Lipinski definition) is 1. The van der Waals surface area contributed by atoms with E-state index >= 15 is 0 Å². The Bertz CT molecular complexity index is 484. The van der Waals surface area contributed by atoms with Gasteiger partial charge in [0.1, 0.15) is 17.1 Å². The van der Waals surface area contributed by atoms with Crippen LogP contribution in [0.1, 0.15) is 36.4 Å². The highest BCUT2D eigenvalue weighted by Gasteiger charge is 2.20. The Morgan fingerprint density at radius 1 is 1.47 bits per heavy atom. The predicted octanol–water partition coefficient (Wildman–Crippen LogP) is 1.94. The van der Waals surface area contributed by atoms with Crippen molar-refractivity contribution in [3.8, 4) is 0 Å². The van der Waals surface area contributed by atoms with Crippen LogP contribution < -0.4 is 0 Å². The molecule has 96 valence electrons. The molecule has 0 aliphatic rings. The molecule has 5 nitrogen and oxygen atoms in total. The lowest BCUT2D eigenvalue weighted by molar-refractivity contribution is 0.0695. The van der Waals surface area contributed by atoms with Crippen molar-refractivity contribution in [2.24, 2.45) is 5.92 Å². The lowest BCUT2D eigenvalue weighted by atomic mass is 10.2. The first-order valence-corrected chi connectivity index (χ1v) is 7.14. The molecule has 1 rings (SSSR count). The van der Waals surface area contributed by atoms with E-state index in [0.29, 0.717) is 12.3 Å². The van der Waals surface area contributed by atoms with Gasteiger partial charge in [0, 0.05) is 0 Å². The third-order valence-electron chi connectivity index (χ3n) is 2.33. The van der Waals surface area contributed by atoms with Crippen LogP contribution in [0.3, 0.4) is 0 Å². The van der Waals surface area contributed by atoms with Gasteiger partial charge in [-0.2, -0.15) is 0 Å². The summed E-state index contributed by atoms with van der Waals surface area (Å²) < 4.78 is 28.4. The first-order chi connectivity index (χ1) is 7.82. The van der Waals surface area contributed by atoms with Crippen LogP contribution in [0, 0.1) is 5.92 Å². The van der Waals surface area contributed by atoms with Gasteiger partial charge < -0.3 is 9.52 Å². The van der Waals surface area contributed by atoms with Gasteiger partial charge in [-0.1, -0.05) is 13.8 Å². The normalized spacial score (nSPS) is 11.9. The molecule has 17 heavy (non-hydrogen) atoms. The number of carbonyl (C=O) groups is 1. The molecule has 0 spiro atoms. The number of sulfone groups is 1. The number of rotatable bonds is 6. The van der Waals surface area contributed by atoms with Crippen LogP contribution >= 0.6 is 0 Å². The van der Waals surface area contributed by atoms with E-state index < -0.39 is 15.8 Å². The Labute approximate surface area is 100 Å². The Morgan fingerprint density at radius 2 is 2.12 bits per heavy atom. The highest BCUT2D eigenvalue weighted by atomic mass is 32.2. The lowest BCUT2D eigenvalue weighted by Crippen LogP contribution is -2.12. The number of carboxylic acids is 1. The summed E-state index contributed by atoms with van der Waals surface area (Å²) in [6, 6.07) is 1.26. The Balaban J connectivity index is 2.76. The highest BCUT2D eigenvalue weighted by Crippen LogP contribution is 2.16. The van der Waals surface area contributed by atoms with Gasteiger partial charge in [0.25, 0.3) is 0 Å². The van der Waals surface area contributed by atoms with E-state index in [0.717, 1.165) is 0 Å². The number of hydrogen-bond acceptors (Lipinski definition) is 4. The standard InChI is InChI=1S/C11H16O5S/c1-8(2)4-6-17(14,15)7-10-9(11(12)13)3-5-16-10/h3,5,8H,4,6-7H2,1-2H3,(H,12,13). The zero-order valence-corrected chi connectivity index (χ0v) is 10.7. The number of aromatic carboxylic acids is 1. The molecule has 0 bridgehead atoms. The van der Waals surface area contributed by atoms with Crippen LogP contribution in [-0.4, -0.2) is 25.2 Å². The van der Waals surface area contributed by atoms with Gasteiger partial charge in [-0.25, -0.2) is 13.2 Å². The molecule has 1 aromatic heterocycles. The predicted molar refractivity (Wildman–Crippen MR) is 62.6 cm³/mol. The Morgan fingerprint density at radius 3 is 2.65 bits per heavy atom. The molecule has 0 saturated carbocycles. The van der Waals surface area contributed by atoms with Crippen LogP contribution in [0.2, 0.25) is 0 Å². The lowest BCUT2D eigenvalue weighted by Gasteiger charge is -2.05. The topological polar surface area (TPSA) is 84.6 Å². The molecule has 0 aliphatic heterocycles. The van der Waals surface area contributed by atoms with Crippen molar-refractivity contribution in [2.45, 2.75) is 26.0 Å². The van der Waals surface area contributed by atoms with Crippen LogP contribution in [0.15, 0.2) is 16.7 Å². The van der Waals surface area contributed by atoms with Crippen molar-refractivity contribution in [3.05, 3.63) is 23.7 Å². The molecule has 1 heterocycles. The fourth-order valence-electron chi connectivity index (χ4n) is 1.33. The maximum atomic E-state index is 11.7. The minimum absolute atomic E-state index is 0.00116. The molecule has 0 fully saturated rings. The first kappa shape index (κ1) is 13.8. The van der Waals surface area contributed by atoms with Gasteiger partial charge in [-0.05, 0) is 18.4 Å². The Hall–Kier alpha value is -1.30. The molecule has 0 amide bonds. The van der Waals surface area contributed by atoms with Gasteiger partial charge in [0.2, 0.25) is 0 Å². The smallest absolute Gasteiger partial charge is 0.339 e. The average Bonchev–Trinajstić information content (AvgIpc) is 2.62. The third-order valence-corrected chi connectivity index (χ3v) is 3.89. The average molecular weight is 260 g/mol. The molecule has 0 unspecified atom stereocenters. The monoisotopic (exact) mass is 260 g/mol. The molecule has 0 aromatic carbocycles. The summed E-state index contributed by atoms with van der Waals surface area (Å²) in [5, 5.41) is 8.81. The Kier molecular flexibility index (Phi) is 4.34. The summed E-state index contributed by atoms with van der Waals surface area (Å²) in [5.41, 5.74) is -0.0851. The van der Waals surface area contributed by atoms with E-state index in [4.69, 9.17) is 9.52 Å². The van der Waals surface area contributed by atoms with Gasteiger partial charge in [0.15, 0.2) is 9.84 Å². The van der Waals surface area contributed by atoms with Gasteiger partial charge in [-0.3, -0.25) is 0 Å². The second-order valence-electron chi connectivity index (χ2n) is 4.34. The summed E-state index contributed by atoms with van der Waals surface area (Å²) in [7, 11) is -3.31. The summed E-state index contributed by atoms with van der Waals surface area (Å²) in [5.74, 6) is -1.19. The molecule has 0 saturated heterocycles. The van der Waals surface area contributed by atoms with E-state index in [9.17, 15) is 13.2 Å². The maximum Gasteiger partial charge on any atom is 0.339 e. The zero-order valence-electron chi connectivity index (χ0n) is 9.84. The van der Waals surface area contributed by atoms with E-state index in [1.807, 2.05) is 13.8 Å². The van der Waals surface area contributed by atoms with Crippen molar-refractivity contribution in [3.63, 3.8) is 0 Å². The molecular formula is C11H16O5S. The molecule has 0 radical (unpaired) electrons. The van der Waals surface area contributed by atoms with Crippen molar-refractivity contribution < 1.29 is 22.7 Å². The second-order valence-corrected chi connectivity index (χ2v) is 6.52. The van der Waals surface area contributed by atoms with Crippen molar-refractivity contribution >= 4 is 15.8 Å². The largest absolute Gasteiger partial charge is 0.478 e. The maximum absolute atomic E-state index is 11.7. The third kappa shape index (κ3) is 4.22. The van der Waals surface area contributed by atoms with Crippen LogP contribution in [-0.2, 0) is 15.6 Å². The molecule has 0 atom stereocenters. The van der Waals surface area contributed by atoms with E-state index in [2.05, 4.69) is 0 Å². The SMILES string of the molecule is CC(C)CCS(=O)(=O)Cc1occc1C(=O)O. The highest BCUT2D eigenvalue weighted by molar-refractivity contribution is 7.90. The number of carboxylic acid groups (broad SMARTS) is 1. The quantitative estimate of drug-likeness (QED) is 0.844. The van der Waals surface area contributed by atoms with E-state index in [1.165, 1.54) is 12.3 Å². The van der Waals surface area contributed by atoms with E-state index in [-0.39, 0.29) is 22.8 Å². The van der Waals surface area contributed by atoms with Gasteiger partial charge in [-0.15, -0.1) is 0 Å². The van der Waals surface area contributed by atoms with Crippen LogP contribution in [0.5, 0.6) is 0 Å². The van der Waals surface area contributed by atoms with Gasteiger partial charge in [0.05, 0.1) is 12.0 Å². The fraction of sp³-hybridized carbons (Fsp3) is 0.545. The molecule has 6 heteroatoms.